The van der Waals surface area contributed by atoms with Crippen molar-refractivity contribution in [1.82, 2.24) is 13.9 Å². The number of ketones is 1. The maximum absolute atomic E-state index is 13.2. The SMILES string of the molecule is Cc1cc(C(=O)C(C)Sc2ccc(S(=O)(=O)N3CCCC3)cn2)c(C)n1Cc1ccco1. The van der Waals surface area contributed by atoms with Crippen molar-refractivity contribution < 1.29 is 17.6 Å². The van der Waals surface area contributed by atoms with Crippen LogP contribution < -0.4 is 0 Å². The molecule has 0 spiro atoms. The average molecular weight is 474 g/mol. The second-order valence-corrected chi connectivity index (χ2v) is 11.3. The highest BCUT2D eigenvalue weighted by atomic mass is 32.2. The minimum Gasteiger partial charge on any atom is -0.467 e. The smallest absolute Gasteiger partial charge is 0.244 e. The molecule has 1 saturated heterocycles. The van der Waals surface area contributed by atoms with E-state index in [1.165, 1.54) is 22.3 Å². The molecule has 0 saturated carbocycles. The van der Waals surface area contributed by atoms with Crippen LogP contribution in [0.5, 0.6) is 0 Å². The highest BCUT2D eigenvalue weighted by Crippen LogP contribution is 2.28. The monoisotopic (exact) mass is 473 g/mol. The molecular formula is C23H27N3O4S2. The van der Waals surface area contributed by atoms with E-state index in [1.807, 2.05) is 39.0 Å². The normalized spacial score (nSPS) is 15.8. The van der Waals surface area contributed by atoms with Crippen LogP contribution in [-0.4, -0.2) is 46.4 Å². The van der Waals surface area contributed by atoms with Gasteiger partial charge in [0.1, 0.15) is 10.7 Å². The molecule has 0 radical (unpaired) electrons. The number of hydrogen-bond acceptors (Lipinski definition) is 6. The minimum atomic E-state index is -3.49. The average Bonchev–Trinajstić information content (AvgIpc) is 3.53. The lowest BCUT2D eigenvalue weighted by atomic mass is 10.1. The van der Waals surface area contributed by atoms with Crippen LogP contribution in [0.4, 0.5) is 0 Å². The number of thioether (sulfide) groups is 1. The summed E-state index contributed by atoms with van der Waals surface area (Å²) in [6, 6.07) is 8.94. The summed E-state index contributed by atoms with van der Waals surface area (Å²) in [4.78, 5) is 17.7. The number of sulfonamides is 1. The predicted octanol–water partition coefficient (Wildman–Crippen LogP) is 4.29. The van der Waals surface area contributed by atoms with Gasteiger partial charge >= 0.3 is 0 Å². The molecule has 170 valence electrons. The van der Waals surface area contributed by atoms with Crippen LogP contribution in [-0.2, 0) is 16.6 Å². The van der Waals surface area contributed by atoms with Crippen LogP contribution in [0.3, 0.4) is 0 Å². The Balaban J connectivity index is 1.46. The number of pyridine rings is 1. The second-order valence-electron chi connectivity index (χ2n) is 8.02. The van der Waals surface area contributed by atoms with E-state index in [2.05, 4.69) is 9.55 Å². The molecule has 3 aromatic heterocycles. The Kier molecular flexibility index (Phi) is 6.60. The zero-order valence-corrected chi connectivity index (χ0v) is 20.1. The van der Waals surface area contributed by atoms with E-state index in [4.69, 9.17) is 4.42 Å². The zero-order valence-electron chi connectivity index (χ0n) is 18.4. The molecule has 0 bridgehead atoms. The first-order chi connectivity index (χ1) is 15.3. The number of aromatic nitrogens is 2. The summed E-state index contributed by atoms with van der Waals surface area (Å²) >= 11 is 1.33. The van der Waals surface area contributed by atoms with Gasteiger partial charge < -0.3 is 8.98 Å². The van der Waals surface area contributed by atoms with Gasteiger partial charge in [0.2, 0.25) is 10.0 Å². The lowest BCUT2D eigenvalue weighted by molar-refractivity contribution is 0.0993. The lowest BCUT2D eigenvalue weighted by Gasteiger charge is -2.15. The number of Topliss-reactive ketones (excluding diaryl/α,β-unsaturated/α-hetero) is 1. The molecule has 4 heterocycles. The minimum absolute atomic E-state index is 0.0179. The summed E-state index contributed by atoms with van der Waals surface area (Å²) in [6.07, 6.45) is 4.82. The molecule has 1 aliphatic rings. The molecule has 32 heavy (non-hydrogen) atoms. The second kappa shape index (κ2) is 9.25. The largest absolute Gasteiger partial charge is 0.467 e. The van der Waals surface area contributed by atoms with E-state index < -0.39 is 10.0 Å². The summed E-state index contributed by atoms with van der Waals surface area (Å²) in [6.45, 7) is 7.46. The quantitative estimate of drug-likeness (QED) is 0.358. The van der Waals surface area contributed by atoms with E-state index >= 15 is 0 Å². The van der Waals surface area contributed by atoms with Crippen LogP contribution in [0.1, 0.15) is 47.3 Å². The van der Waals surface area contributed by atoms with E-state index in [9.17, 15) is 13.2 Å². The van der Waals surface area contributed by atoms with E-state index in [-0.39, 0.29) is 15.9 Å². The Bertz CT molecular complexity index is 1190. The molecule has 0 aromatic carbocycles. The molecule has 1 aliphatic heterocycles. The van der Waals surface area contributed by atoms with Gasteiger partial charge in [-0.05, 0) is 63.9 Å². The topological polar surface area (TPSA) is 85.4 Å². The Morgan fingerprint density at radius 1 is 1.22 bits per heavy atom. The van der Waals surface area contributed by atoms with Crippen molar-refractivity contribution in [3.05, 3.63) is 65.5 Å². The number of carbonyl (C=O) groups is 1. The molecule has 0 aliphatic carbocycles. The van der Waals surface area contributed by atoms with E-state index in [0.717, 1.165) is 30.0 Å². The molecule has 9 heteroatoms. The predicted molar refractivity (Wildman–Crippen MR) is 124 cm³/mol. The fourth-order valence-electron chi connectivity index (χ4n) is 3.97. The third kappa shape index (κ3) is 4.55. The van der Waals surface area contributed by atoms with Crippen LogP contribution in [0.15, 0.2) is 57.1 Å². The molecule has 3 aromatic rings. The van der Waals surface area contributed by atoms with Crippen LogP contribution in [0.25, 0.3) is 0 Å². The third-order valence-electron chi connectivity index (χ3n) is 5.81. The molecule has 1 fully saturated rings. The number of rotatable bonds is 8. The Morgan fingerprint density at radius 2 is 1.97 bits per heavy atom. The molecule has 1 atom stereocenters. The molecular weight excluding hydrogens is 446 g/mol. The van der Waals surface area contributed by atoms with Crippen molar-refractivity contribution >= 4 is 27.6 Å². The highest BCUT2D eigenvalue weighted by Gasteiger charge is 2.28. The first-order valence-electron chi connectivity index (χ1n) is 10.6. The fraction of sp³-hybridized carbons (Fsp3) is 0.391. The molecule has 0 N–H and O–H groups in total. The summed E-state index contributed by atoms with van der Waals surface area (Å²) < 4.78 is 34.3. The van der Waals surface area contributed by atoms with Gasteiger partial charge in [-0.2, -0.15) is 4.31 Å². The van der Waals surface area contributed by atoms with Gasteiger partial charge in [0.25, 0.3) is 0 Å². The van der Waals surface area contributed by atoms with E-state index in [0.29, 0.717) is 30.2 Å². The molecule has 0 amide bonds. The highest BCUT2D eigenvalue weighted by molar-refractivity contribution is 8.00. The maximum Gasteiger partial charge on any atom is 0.244 e. The fourth-order valence-corrected chi connectivity index (χ4v) is 6.29. The van der Waals surface area contributed by atoms with E-state index in [1.54, 1.807) is 18.4 Å². The lowest BCUT2D eigenvalue weighted by Crippen LogP contribution is -2.27. The van der Waals surface area contributed by atoms with Crippen molar-refractivity contribution in [2.24, 2.45) is 0 Å². The molecule has 1 unspecified atom stereocenters. The van der Waals surface area contributed by atoms with Crippen LogP contribution >= 0.6 is 11.8 Å². The summed E-state index contributed by atoms with van der Waals surface area (Å²) in [5, 5.41) is 0.261. The Labute approximate surface area is 192 Å². The number of aryl methyl sites for hydroxylation is 1. The standard InChI is InChI=1S/C23H27N3O4S2/c1-16-13-21(17(2)26(16)15-19-7-6-12-30-19)23(27)18(3)31-22-9-8-20(14-24-22)32(28,29)25-10-4-5-11-25/h6-9,12-14,18H,4-5,10-11,15H2,1-3H3. The number of carbonyl (C=O) groups excluding carboxylic acids is 1. The zero-order chi connectivity index (χ0) is 22.9. The van der Waals surface area contributed by atoms with Gasteiger partial charge in [-0.3, -0.25) is 4.79 Å². The maximum atomic E-state index is 13.2. The van der Waals surface area contributed by atoms with Crippen molar-refractivity contribution in [1.29, 1.82) is 0 Å². The van der Waals surface area contributed by atoms with Gasteiger partial charge in [-0.25, -0.2) is 13.4 Å². The van der Waals surface area contributed by atoms with Crippen molar-refractivity contribution in [3.8, 4) is 0 Å². The number of hydrogen-bond donors (Lipinski definition) is 0. The van der Waals surface area contributed by atoms with Gasteiger partial charge in [0, 0.05) is 36.2 Å². The van der Waals surface area contributed by atoms with Crippen LogP contribution in [0, 0.1) is 13.8 Å². The molecule has 7 nitrogen and oxygen atoms in total. The number of furan rings is 1. The van der Waals surface area contributed by atoms with Crippen molar-refractivity contribution in [2.45, 2.75) is 55.3 Å². The Morgan fingerprint density at radius 3 is 2.59 bits per heavy atom. The summed E-state index contributed by atoms with van der Waals surface area (Å²) in [7, 11) is -3.49. The first-order valence-corrected chi connectivity index (χ1v) is 13.0. The van der Waals surface area contributed by atoms with Gasteiger partial charge in [-0.15, -0.1) is 0 Å². The van der Waals surface area contributed by atoms with Crippen molar-refractivity contribution in [3.63, 3.8) is 0 Å². The van der Waals surface area contributed by atoms with Gasteiger partial charge in [-0.1, -0.05) is 11.8 Å². The molecule has 4 rings (SSSR count). The van der Waals surface area contributed by atoms with Crippen molar-refractivity contribution in [2.75, 3.05) is 13.1 Å². The van der Waals surface area contributed by atoms with Crippen LogP contribution in [0.2, 0.25) is 0 Å². The van der Waals surface area contributed by atoms with Gasteiger partial charge in [0.05, 0.1) is 23.1 Å². The first kappa shape index (κ1) is 22.8. The van der Waals surface area contributed by atoms with Gasteiger partial charge in [0.15, 0.2) is 5.78 Å². The number of nitrogens with zero attached hydrogens (tertiary/aromatic N) is 3. The Hall–Kier alpha value is -2.36. The summed E-state index contributed by atoms with van der Waals surface area (Å²) in [5.41, 5.74) is 2.58. The third-order valence-corrected chi connectivity index (χ3v) is 8.74. The summed E-state index contributed by atoms with van der Waals surface area (Å²) in [5.74, 6) is 0.853.